The van der Waals surface area contributed by atoms with Crippen molar-refractivity contribution in [3.05, 3.63) is 83.9 Å². The molecule has 3 aromatic carbocycles. The number of aldehydes is 1. The zero-order valence-corrected chi connectivity index (χ0v) is 16.6. The van der Waals surface area contributed by atoms with Gasteiger partial charge in [-0.2, -0.15) is 0 Å². The van der Waals surface area contributed by atoms with Crippen molar-refractivity contribution in [2.75, 3.05) is 19.8 Å². The van der Waals surface area contributed by atoms with Crippen LogP contribution in [-0.2, 0) is 0 Å². The minimum Gasteiger partial charge on any atom is -0.490 e. The molecule has 0 aliphatic heterocycles. The van der Waals surface area contributed by atoms with Gasteiger partial charge in [0.15, 0.2) is 11.5 Å². The van der Waals surface area contributed by atoms with Crippen molar-refractivity contribution in [3.8, 4) is 23.0 Å². The fourth-order valence-corrected chi connectivity index (χ4v) is 2.66. The number of carbonyl (C=O) groups excluding carboxylic acids is 2. The van der Waals surface area contributed by atoms with Crippen LogP contribution in [0.25, 0.3) is 0 Å². The van der Waals surface area contributed by atoms with E-state index in [1.807, 2.05) is 37.3 Å². The fraction of sp³-hybridized carbons (Fsp3) is 0.167. The number of para-hydroxylation sites is 1. The van der Waals surface area contributed by atoms with Crippen molar-refractivity contribution in [2.24, 2.45) is 0 Å². The maximum atomic E-state index is 12.6. The molecule has 0 fully saturated rings. The third-order valence-electron chi connectivity index (χ3n) is 4.04. The summed E-state index contributed by atoms with van der Waals surface area (Å²) in [4.78, 5) is 23.5. The maximum absolute atomic E-state index is 12.6. The Morgan fingerprint density at radius 1 is 0.800 bits per heavy atom. The van der Waals surface area contributed by atoms with E-state index in [4.69, 9.17) is 18.9 Å². The fourth-order valence-electron chi connectivity index (χ4n) is 2.66. The lowest BCUT2D eigenvalue weighted by Gasteiger charge is -2.12. The highest BCUT2D eigenvalue weighted by Crippen LogP contribution is 2.29. The lowest BCUT2D eigenvalue weighted by Crippen LogP contribution is -2.11. The zero-order valence-electron chi connectivity index (χ0n) is 16.6. The van der Waals surface area contributed by atoms with Crippen molar-refractivity contribution in [1.29, 1.82) is 0 Å². The second-order valence-corrected chi connectivity index (χ2v) is 6.18. The molecular formula is C24H22O6. The van der Waals surface area contributed by atoms with E-state index in [0.29, 0.717) is 48.7 Å². The number of hydrogen-bond donors (Lipinski definition) is 0. The molecule has 154 valence electrons. The molecule has 0 bridgehead atoms. The van der Waals surface area contributed by atoms with Crippen molar-refractivity contribution in [1.82, 2.24) is 0 Å². The molecule has 0 amide bonds. The average molecular weight is 406 g/mol. The van der Waals surface area contributed by atoms with E-state index in [9.17, 15) is 9.59 Å². The second-order valence-electron chi connectivity index (χ2n) is 6.18. The SMILES string of the molecule is CCOc1cc(C=O)ccc1OC(=O)c1cccc(OCCOc2ccccc2)c1. The summed E-state index contributed by atoms with van der Waals surface area (Å²) in [5.74, 6) is 1.32. The van der Waals surface area contributed by atoms with Crippen LogP contribution >= 0.6 is 0 Å². The molecular weight excluding hydrogens is 384 g/mol. The van der Waals surface area contributed by atoms with Crippen LogP contribution in [0.5, 0.6) is 23.0 Å². The van der Waals surface area contributed by atoms with E-state index in [2.05, 4.69) is 0 Å². The molecule has 0 heterocycles. The largest absolute Gasteiger partial charge is 0.490 e. The third kappa shape index (κ3) is 5.85. The summed E-state index contributed by atoms with van der Waals surface area (Å²) in [5.41, 5.74) is 0.768. The van der Waals surface area contributed by atoms with Gasteiger partial charge in [0, 0.05) is 5.56 Å². The van der Waals surface area contributed by atoms with E-state index >= 15 is 0 Å². The second kappa shape index (κ2) is 10.7. The molecule has 0 saturated carbocycles. The number of hydrogen-bond acceptors (Lipinski definition) is 6. The summed E-state index contributed by atoms with van der Waals surface area (Å²) in [6.07, 6.45) is 0.705. The predicted octanol–water partition coefficient (Wildman–Crippen LogP) is 4.57. The average Bonchev–Trinajstić information content (AvgIpc) is 2.79. The highest BCUT2D eigenvalue weighted by Gasteiger charge is 2.14. The molecule has 0 spiro atoms. The summed E-state index contributed by atoms with van der Waals surface area (Å²) in [6, 6.07) is 20.8. The van der Waals surface area contributed by atoms with E-state index in [1.165, 1.54) is 12.1 Å². The summed E-state index contributed by atoms with van der Waals surface area (Å²) in [6.45, 7) is 2.89. The molecule has 0 aromatic heterocycles. The molecule has 0 saturated heterocycles. The number of rotatable bonds is 10. The van der Waals surface area contributed by atoms with Gasteiger partial charge < -0.3 is 18.9 Å². The molecule has 0 aliphatic carbocycles. The molecule has 30 heavy (non-hydrogen) atoms. The first kappa shape index (κ1) is 20.9. The standard InChI is InChI=1S/C24H22O6/c1-2-27-23-15-18(17-25)11-12-22(23)30-24(26)19-7-6-10-21(16-19)29-14-13-28-20-8-4-3-5-9-20/h3-12,15-17H,2,13-14H2,1H3. The molecule has 0 radical (unpaired) electrons. The first-order chi connectivity index (χ1) is 14.7. The Hall–Kier alpha value is -3.80. The number of carbonyl (C=O) groups is 2. The molecule has 0 atom stereocenters. The maximum Gasteiger partial charge on any atom is 0.343 e. The van der Waals surface area contributed by atoms with Crippen molar-refractivity contribution in [3.63, 3.8) is 0 Å². The van der Waals surface area contributed by atoms with Gasteiger partial charge in [0.2, 0.25) is 0 Å². The first-order valence-electron chi connectivity index (χ1n) is 9.54. The molecule has 6 heteroatoms. The van der Waals surface area contributed by atoms with Gasteiger partial charge in [-0.25, -0.2) is 4.79 Å². The Morgan fingerprint density at radius 2 is 1.53 bits per heavy atom. The van der Waals surface area contributed by atoms with Gasteiger partial charge in [-0.15, -0.1) is 0 Å². The molecule has 6 nitrogen and oxygen atoms in total. The van der Waals surface area contributed by atoms with Crippen LogP contribution in [0.3, 0.4) is 0 Å². The molecule has 3 rings (SSSR count). The van der Waals surface area contributed by atoms with Crippen LogP contribution in [0.15, 0.2) is 72.8 Å². The Morgan fingerprint density at radius 3 is 2.27 bits per heavy atom. The highest BCUT2D eigenvalue weighted by atomic mass is 16.6. The molecule has 0 unspecified atom stereocenters. The molecule has 0 aliphatic rings. The smallest absolute Gasteiger partial charge is 0.343 e. The van der Waals surface area contributed by atoms with Crippen molar-refractivity contribution < 1.29 is 28.5 Å². The lowest BCUT2D eigenvalue weighted by atomic mass is 10.2. The van der Waals surface area contributed by atoms with Gasteiger partial charge in [-0.05, 0) is 55.5 Å². The predicted molar refractivity (Wildman–Crippen MR) is 112 cm³/mol. The van der Waals surface area contributed by atoms with Crippen LogP contribution in [0.4, 0.5) is 0 Å². The lowest BCUT2D eigenvalue weighted by molar-refractivity contribution is 0.0728. The van der Waals surface area contributed by atoms with E-state index in [1.54, 1.807) is 30.3 Å². The summed E-state index contributed by atoms with van der Waals surface area (Å²) in [7, 11) is 0. The molecule has 3 aromatic rings. The van der Waals surface area contributed by atoms with Crippen LogP contribution in [-0.4, -0.2) is 32.1 Å². The first-order valence-corrected chi connectivity index (χ1v) is 9.54. The van der Waals surface area contributed by atoms with Crippen LogP contribution in [0.2, 0.25) is 0 Å². The third-order valence-corrected chi connectivity index (χ3v) is 4.04. The minimum absolute atomic E-state index is 0.245. The number of esters is 1. The van der Waals surface area contributed by atoms with Gasteiger partial charge >= 0.3 is 5.97 Å². The minimum atomic E-state index is -0.555. The summed E-state index contributed by atoms with van der Waals surface area (Å²) < 4.78 is 22.2. The van der Waals surface area contributed by atoms with Crippen molar-refractivity contribution in [2.45, 2.75) is 6.92 Å². The van der Waals surface area contributed by atoms with Crippen LogP contribution in [0, 0.1) is 0 Å². The Kier molecular flexibility index (Phi) is 7.44. The van der Waals surface area contributed by atoms with Crippen molar-refractivity contribution >= 4 is 12.3 Å². The van der Waals surface area contributed by atoms with Gasteiger partial charge in [0.25, 0.3) is 0 Å². The molecule has 0 N–H and O–H groups in total. The van der Waals surface area contributed by atoms with E-state index in [0.717, 1.165) is 5.75 Å². The highest BCUT2D eigenvalue weighted by molar-refractivity contribution is 5.92. The van der Waals surface area contributed by atoms with Gasteiger partial charge in [0.05, 0.1) is 12.2 Å². The topological polar surface area (TPSA) is 71.1 Å². The zero-order chi connectivity index (χ0) is 21.2. The quantitative estimate of drug-likeness (QED) is 0.213. The normalized spacial score (nSPS) is 10.2. The van der Waals surface area contributed by atoms with Gasteiger partial charge in [0.1, 0.15) is 31.0 Å². The van der Waals surface area contributed by atoms with Crippen LogP contribution in [0.1, 0.15) is 27.6 Å². The summed E-state index contributed by atoms with van der Waals surface area (Å²) >= 11 is 0. The Bertz CT molecular complexity index is 984. The monoisotopic (exact) mass is 406 g/mol. The van der Waals surface area contributed by atoms with E-state index < -0.39 is 5.97 Å². The number of ether oxygens (including phenoxy) is 4. The van der Waals surface area contributed by atoms with E-state index in [-0.39, 0.29) is 5.75 Å². The van der Waals surface area contributed by atoms with Gasteiger partial charge in [-0.1, -0.05) is 24.3 Å². The van der Waals surface area contributed by atoms with Gasteiger partial charge in [-0.3, -0.25) is 4.79 Å². The Labute approximate surface area is 175 Å². The van der Waals surface area contributed by atoms with Crippen LogP contribution < -0.4 is 18.9 Å². The summed E-state index contributed by atoms with van der Waals surface area (Å²) in [5, 5.41) is 0. The Balaban J connectivity index is 1.60. The number of benzene rings is 3.